The topological polar surface area (TPSA) is 306 Å². The van der Waals surface area contributed by atoms with Gasteiger partial charge in [0.1, 0.15) is 24.2 Å². The van der Waals surface area contributed by atoms with Crippen LogP contribution >= 0.6 is 11.8 Å². The van der Waals surface area contributed by atoms with Gasteiger partial charge in [-0.05, 0) is 80.9 Å². The number of fused-ring (bicyclic) bond motifs is 1. The average Bonchev–Trinajstić information content (AvgIpc) is 3.58. The number of aromatic nitrogens is 1. The SMILES string of the molecule is CSCC[C@H](NC(=O)[C@@H](N)Cc1c[nH]c2ccc(C(=O)[C@H](C)NC(C)=O)cc12)C(=O)N[C@@H](CCCN=C(N)N)C(=O)N[C@@H](Cc1ccccc1)C(=O)N[C@@H](C)C(=O)O. The largest absolute Gasteiger partial charge is 0.480 e. The van der Waals surface area contributed by atoms with E-state index in [1.54, 1.807) is 61.7 Å². The van der Waals surface area contributed by atoms with Crippen molar-refractivity contribution >= 4 is 69.9 Å². The molecule has 314 valence electrons. The number of carboxylic acids is 1. The molecule has 0 fully saturated rings. The number of carbonyl (C=O) groups is 7. The number of guanidine groups is 1. The number of nitrogens with zero attached hydrogens (tertiary/aromatic N) is 1. The van der Waals surface area contributed by atoms with E-state index in [9.17, 15) is 38.7 Å². The first-order valence-corrected chi connectivity index (χ1v) is 20.1. The minimum atomic E-state index is -1.27. The smallest absolute Gasteiger partial charge is 0.325 e. The molecule has 0 spiro atoms. The highest BCUT2D eigenvalue weighted by atomic mass is 32.2. The maximum atomic E-state index is 13.9. The van der Waals surface area contributed by atoms with Crippen LogP contribution in [0.3, 0.4) is 0 Å². The van der Waals surface area contributed by atoms with Gasteiger partial charge in [0.25, 0.3) is 0 Å². The van der Waals surface area contributed by atoms with Crippen LogP contribution in [0.15, 0.2) is 59.7 Å². The van der Waals surface area contributed by atoms with Crippen molar-refractivity contribution in [2.24, 2.45) is 22.2 Å². The predicted molar refractivity (Wildman–Crippen MR) is 222 cm³/mol. The predicted octanol–water partition coefficient (Wildman–Crippen LogP) is -0.162. The normalized spacial score (nSPS) is 14.1. The van der Waals surface area contributed by atoms with Gasteiger partial charge in [-0.15, -0.1) is 0 Å². The van der Waals surface area contributed by atoms with Gasteiger partial charge in [0, 0.05) is 42.6 Å². The summed E-state index contributed by atoms with van der Waals surface area (Å²) in [7, 11) is 0. The molecule has 18 nitrogen and oxygen atoms in total. The highest BCUT2D eigenvalue weighted by molar-refractivity contribution is 7.98. The third kappa shape index (κ3) is 14.5. The number of aliphatic carboxylic acids is 1. The van der Waals surface area contributed by atoms with Crippen molar-refractivity contribution in [2.45, 2.75) is 89.1 Å². The summed E-state index contributed by atoms with van der Waals surface area (Å²) < 4.78 is 0. The van der Waals surface area contributed by atoms with E-state index in [0.29, 0.717) is 33.3 Å². The fourth-order valence-electron chi connectivity index (χ4n) is 5.99. The Kier molecular flexibility index (Phi) is 18.2. The number of ketones is 1. The second kappa shape index (κ2) is 22.7. The van der Waals surface area contributed by atoms with E-state index >= 15 is 0 Å². The lowest BCUT2D eigenvalue weighted by Crippen LogP contribution is -2.58. The van der Waals surface area contributed by atoms with E-state index in [1.807, 2.05) is 6.26 Å². The standard InChI is InChI=1S/C39H54N10O8S/c1-21(45-23(3)50)33(51)25-12-13-29-27(18-25)26(20-44-29)19-28(40)34(52)47-31(14-16-58-4)36(54)48-30(11-8-15-43-39(41)42)35(53)49-32(17-24-9-6-5-7-10-24)37(55)46-22(2)38(56)57/h5-7,9-10,12-13,18,20-22,28,30-32,44H,8,11,14-17,19,40H2,1-4H3,(H,45,50)(H,46,55)(H,47,52)(H,48,54)(H,49,53)(H,56,57)(H4,41,42,43)/t21-,22-,28-,30-,31-,32-/m0/s1. The highest BCUT2D eigenvalue weighted by Gasteiger charge is 2.31. The summed E-state index contributed by atoms with van der Waals surface area (Å²) in [5, 5.41) is 23.1. The number of Topliss-reactive ketones (excluding diaryl/α,β-unsaturated/α-hetero) is 1. The van der Waals surface area contributed by atoms with Crippen molar-refractivity contribution in [1.82, 2.24) is 31.6 Å². The summed E-state index contributed by atoms with van der Waals surface area (Å²) in [6, 6.07) is 7.16. The first-order chi connectivity index (χ1) is 27.5. The molecule has 0 aliphatic rings. The molecular formula is C39H54N10O8S. The summed E-state index contributed by atoms with van der Waals surface area (Å²) in [6.07, 6.45) is 4.05. The quantitative estimate of drug-likeness (QED) is 0.0258. The summed E-state index contributed by atoms with van der Waals surface area (Å²) in [4.78, 5) is 97.6. The molecule has 0 aliphatic heterocycles. The summed E-state index contributed by atoms with van der Waals surface area (Å²) in [6.45, 7) is 4.33. The fraction of sp³-hybridized carbons (Fsp3) is 0.436. The molecule has 2 aromatic carbocycles. The van der Waals surface area contributed by atoms with E-state index in [4.69, 9.17) is 17.2 Å². The van der Waals surface area contributed by atoms with Gasteiger partial charge in [-0.3, -0.25) is 38.6 Å². The molecule has 1 heterocycles. The molecule has 0 aliphatic carbocycles. The summed E-state index contributed by atoms with van der Waals surface area (Å²) >= 11 is 1.44. The molecule has 13 N–H and O–H groups in total. The van der Waals surface area contributed by atoms with Crippen molar-refractivity contribution in [3.63, 3.8) is 0 Å². The Morgan fingerprint density at radius 2 is 1.41 bits per heavy atom. The number of nitrogens with one attached hydrogen (secondary N) is 6. The lowest BCUT2D eigenvalue weighted by Gasteiger charge is -2.26. The lowest BCUT2D eigenvalue weighted by atomic mass is 9.99. The number of hydrogen-bond donors (Lipinski definition) is 10. The highest BCUT2D eigenvalue weighted by Crippen LogP contribution is 2.22. The lowest BCUT2D eigenvalue weighted by molar-refractivity contribution is -0.141. The van der Waals surface area contributed by atoms with Crippen LogP contribution in [-0.2, 0) is 41.6 Å². The Labute approximate surface area is 340 Å². The van der Waals surface area contributed by atoms with E-state index in [0.717, 1.165) is 0 Å². The zero-order chi connectivity index (χ0) is 42.9. The van der Waals surface area contributed by atoms with Crippen LogP contribution in [0, 0.1) is 0 Å². The minimum Gasteiger partial charge on any atom is -0.480 e. The maximum Gasteiger partial charge on any atom is 0.325 e. The van der Waals surface area contributed by atoms with Crippen molar-refractivity contribution in [2.75, 3.05) is 18.6 Å². The zero-order valence-electron chi connectivity index (χ0n) is 33.0. The van der Waals surface area contributed by atoms with Crippen LogP contribution in [0.25, 0.3) is 10.9 Å². The van der Waals surface area contributed by atoms with Gasteiger partial charge in [0.05, 0.1) is 12.1 Å². The second-order valence-corrected chi connectivity index (χ2v) is 14.8. The molecule has 0 saturated carbocycles. The van der Waals surface area contributed by atoms with Crippen molar-refractivity contribution in [1.29, 1.82) is 0 Å². The van der Waals surface area contributed by atoms with Crippen LogP contribution in [0.1, 0.15) is 61.5 Å². The average molecular weight is 823 g/mol. The first-order valence-electron chi connectivity index (χ1n) is 18.7. The van der Waals surface area contributed by atoms with E-state index < -0.39 is 65.8 Å². The zero-order valence-corrected chi connectivity index (χ0v) is 33.8. The number of H-pyrrole nitrogens is 1. The Hall–Kier alpha value is -5.95. The molecule has 1 aromatic heterocycles. The molecule has 0 unspecified atom stereocenters. The van der Waals surface area contributed by atoms with E-state index in [-0.39, 0.29) is 56.3 Å². The third-order valence-electron chi connectivity index (χ3n) is 9.11. The number of amides is 5. The first kappa shape index (κ1) is 46.4. The number of rotatable bonds is 23. The number of hydrogen-bond acceptors (Lipinski definition) is 10. The molecule has 3 aromatic rings. The monoisotopic (exact) mass is 822 g/mol. The number of carbonyl (C=O) groups excluding carboxylic acids is 6. The molecule has 0 saturated heterocycles. The van der Waals surface area contributed by atoms with Gasteiger partial charge >= 0.3 is 5.97 Å². The van der Waals surface area contributed by atoms with Gasteiger partial charge in [-0.25, -0.2) is 0 Å². The maximum absolute atomic E-state index is 13.9. The molecule has 3 rings (SSSR count). The van der Waals surface area contributed by atoms with Gasteiger partial charge in [0.15, 0.2) is 11.7 Å². The van der Waals surface area contributed by atoms with Crippen LogP contribution < -0.4 is 43.8 Å². The van der Waals surface area contributed by atoms with Crippen molar-refractivity contribution in [3.05, 3.63) is 71.4 Å². The van der Waals surface area contributed by atoms with Crippen molar-refractivity contribution < 1.29 is 38.7 Å². The minimum absolute atomic E-state index is 0.0218. The number of aliphatic imine (C=N–C) groups is 1. The number of aromatic amines is 1. The van der Waals surface area contributed by atoms with Gasteiger partial charge in [-0.2, -0.15) is 11.8 Å². The summed E-state index contributed by atoms with van der Waals surface area (Å²) in [5.41, 5.74) is 19.7. The van der Waals surface area contributed by atoms with Crippen LogP contribution in [0.2, 0.25) is 0 Å². The van der Waals surface area contributed by atoms with Crippen LogP contribution in [0.5, 0.6) is 0 Å². The molecule has 6 atom stereocenters. The number of thioether (sulfide) groups is 1. The van der Waals surface area contributed by atoms with E-state index in [1.165, 1.54) is 25.6 Å². The van der Waals surface area contributed by atoms with E-state index in [2.05, 4.69) is 36.6 Å². The number of nitrogens with two attached hydrogens (primary N) is 3. The van der Waals surface area contributed by atoms with Gasteiger partial charge < -0.3 is 53.9 Å². The fourth-order valence-corrected chi connectivity index (χ4v) is 6.46. The van der Waals surface area contributed by atoms with Crippen LogP contribution in [-0.4, -0.2) is 112 Å². The molecule has 0 radical (unpaired) electrons. The van der Waals surface area contributed by atoms with Gasteiger partial charge in [0.2, 0.25) is 29.5 Å². The molecule has 19 heteroatoms. The molecule has 5 amide bonds. The molecular weight excluding hydrogens is 769 g/mol. The van der Waals surface area contributed by atoms with Gasteiger partial charge in [-0.1, -0.05) is 30.3 Å². The Morgan fingerprint density at radius 3 is 2.03 bits per heavy atom. The third-order valence-corrected chi connectivity index (χ3v) is 9.75. The molecule has 0 bridgehead atoms. The van der Waals surface area contributed by atoms with Crippen molar-refractivity contribution in [3.8, 4) is 0 Å². The number of carboxylic acid groups (broad SMARTS) is 1. The van der Waals surface area contributed by atoms with Crippen LogP contribution in [0.4, 0.5) is 0 Å². The number of benzene rings is 2. The Balaban J connectivity index is 1.81. The Bertz CT molecular complexity index is 1950. The second-order valence-electron chi connectivity index (χ2n) is 13.8. The summed E-state index contributed by atoms with van der Waals surface area (Å²) in [5.74, 6) is -4.38. The molecule has 58 heavy (non-hydrogen) atoms. The Morgan fingerprint density at radius 1 is 0.793 bits per heavy atom.